The monoisotopic (exact) mass is 474 g/mol. The fraction of sp³-hybridized carbons (Fsp3) is 0.562. The van der Waals surface area contributed by atoms with Crippen LogP contribution in [0.1, 0.15) is 43.7 Å². The van der Waals surface area contributed by atoms with Gasteiger partial charge in [0.25, 0.3) is 0 Å². The van der Waals surface area contributed by atoms with Gasteiger partial charge >= 0.3 is 6.18 Å². The van der Waals surface area contributed by atoms with Crippen molar-refractivity contribution in [2.75, 3.05) is 13.1 Å². The summed E-state index contributed by atoms with van der Waals surface area (Å²) in [4.78, 5) is 0.0205. The molecular weight excluding hydrogens is 453 g/mol. The maximum absolute atomic E-state index is 13.0. The average molecular weight is 475 g/mol. The zero-order valence-electron chi connectivity index (χ0n) is 14.4. The Morgan fingerprint density at radius 3 is 2.46 bits per heavy atom. The van der Waals surface area contributed by atoms with E-state index in [2.05, 4.69) is 15.9 Å². The Bertz CT molecular complexity index is 725. The Kier molecular flexibility index (Phi) is 8.98. The van der Waals surface area contributed by atoms with Crippen molar-refractivity contribution in [1.82, 2.24) is 4.31 Å². The van der Waals surface area contributed by atoms with Crippen molar-refractivity contribution < 1.29 is 21.6 Å². The maximum atomic E-state index is 13.0. The molecule has 0 fully saturated rings. The molecule has 0 radical (unpaired) electrons. The molecule has 0 aromatic heterocycles. The maximum Gasteiger partial charge on any atom is 0.417 e. The molecular formula is C16H22BrF3N2O2S2. The van der Waals surface area contributed by atoms with E-state index in [1.165, 1.54) is 12.1 Å². The van der Waals surface area contributed by atoms with Crippen LogP contribution in [0.15, 0.2) is 22.7 Å². The molecule has 2 N–H and O–H groups in total. The van der Waals surface area contributed by atoms with Crippen LogP contribution in [0.5, 0.6) is 0 Å². The van der Waals surface area contributed by atoms with Gasteiger partial charge in [-0.1, -0.05) is 50.5 Å². The van der Waals surface area contributed by atoms with E-state index in [9.17, 15) is 21.6 Å². The fourth-order valence-electron chi connectivity index (χ4n) is 2.40. The third-order valence-electron chi connectivity index (χ3n) is 3.71. The van der Waals surface area contributed by atoms with E-state index in [0.29, 0.717) is 6.42 Å². The molecule has 1 aromatic rings. The number of alkyl halides is 3. The molecule has 0 aliphatic carbocycles. The number of thiocarbonyl (C=S) groups is 1. The minimum Gasteiger partial charge on any atom is -0.392 e. The number of sulfonamides is 1. The molecule has 0 aliphatic rings. The van der Waals surface area contributed by atoms with Crippen LogP contribution < -0.4 is 5.73 Å². The lowest BCUT2D eigenvalue weighted by Crippen LogP contribution is -2.39. The number of rotatable bonds is 10. The molecule has 148 valence electrons. The van der Waals surface area contributed by atoms with E-state index in [1.54, 1.807) is 0 Å². The number of unbranched alkanes of at least 4 members (excludes halogenated alkanes) is 3. The predicted octanol–water partition coefficient (Wildman–Crippen LogP) is 4.47. The first-order valence-electron chi connectivity index (χ1n) is 8.09. The molecule has 10 heteroatoms. The van der Waals surface area contributed by atoms with Gasteiger partial charge in [-0.05, 0) is 34.0 Å². The summed E-state index contributed by atoms with van der Waals surface area (Å²) < 4.78 is 65.3. The van der Waals surface area contributed by atoms with Gasteiger partial charge in [0.15, 0.2) is 0 Å². The van der Waals surface area contributed by atoms with Crippen molar-refractivity contribution in [1.29, 1.82) is 0 Å². The summed E-state index contributed by atoms with van der Waals surface area (Å²) in [6.07, 6.45) is -1.11. The standard InChI is InChI=1S/C16H22BrF3N2O2S2/c1-2-3-4-5-9-22(10-14(21)25)26(23,24)11-12-7-6-8-13(15(12)17)16(18,19)20/h6-8H,2-5,9-11H2,1H3,(H2,21,25). The zero-order chi connectivity index (χ0) is 20.0. The Hall–Kier alpha value is -0.710. The van der Waals surface area contributed by atoms with Crippen LogP contribution in [-0.4, -0.2) is 30.8 Å². The summed E-state index contributed by atoms with van der Waals surface area (Å²) in [6.45, 7) is 2.14. The minimum atomic E-state index is -4.57. The second kappa shape index (κ2) is 10.0. The van der Waals surface area contributed by atoms with Crippen LogP contribution in [0.2, 0.25) is 0 Å². The summed E-state index contributed by atoms with van der Waals surface area (Å²) in [5.41, 5.74) is 4.63. The zero-order valence-corrected chi connectivity index (χ0v) is 17.6. The molecule has 26 heavy (non-hydrogen) atoms. The van der Waals surface area contributed by atoms with Crippen molar-refractivity contribution in [2.24, 2.45) is 5.73 Å². The van der Waals surface area contributed by atoms with Gasteiger partial charge in [0, 0.05) is 11.0 Å². The molecule has 1 rings (SSSR count). The second-order valence-corrected chi connectivity index (χ2v) is 9.18. The fourth-order valence-corrected chi connectivity index (χ4v) is 5.01. The van der Waals surface area contributed by atoms with Crippen LogP contribution in [0.3, 0.4) is 0 Å². The predicted molar refractivity (Wildman–Crippen MR) is 104 cm³/mol. The first-order chi connectivity index (χ1) is 12.0. The van der Waals surface area contributed by atoms with E-state index in [4.69, 9.17) is 18.0 Å². The van der Waals surface area contributed by atoms with E-state index in [0.717, 1.165) is 29.6 Å². The number of hydrogen-bond donors (Lipinski definition) is 1. The SMILES string of the molecule is CCCCCCN(CC(N)=S)S(=O)(=O)Cc1cccc(C(F)(F)F)c1Br. The normalized spacial score (nSPS) is 12.5. The highest BCUT2D eigenvalue weighted by Crippen LogP contribution is 2.37. The number of halogens is 4. The molecule has 0 bridgehead atoms. The molecule has 0 amide bonds. The number of benzene rings is 1. The first-order valence-corrected chi connectivity index (χ1v) is 10.9. The molecule has 1 aromatic carbocycles. The van der Waals surface area contributed by atoms with Gasteiger partial charge in [-0.3, -0.25) is 0 Å². The van der Waals surface area contributed by atoms with Crippen LogP contribution >= 0.6 is 28.1 Å². The van der Waals surface area contributed by atoms with Gasteiger partial charge < -0.3 is 5.73 Å². The van der Waals surface area contributed by atoms with Crippen molar-refractivity contribution in [2.45, 2.75) is 44.5 Å². The first kappa shape index (κ1) is 23.3. The lowest BCUT2D eigenvalue weighted by Gasteiger charge is -2.22. The second-order valence-electron chi connectivity index (χ2n) is 5.89. The lowest BCUT2D eigenvalue weighted by atomic mass is 10.1. The lowest BCUT2D eigenvalue weighted by molar-refractivity contribution is -0.138. The Labute approximate surface area is 166 Å². The molecule has 0 saturated heterocycles. The van der Waals surface area contributed by atoms with Crippen LogP contribution in [0, 0.1) is 0 Å². The average Bonchev–Trinajstić information content (AvgIpc) is 2.50. The third-order valence-corrected chi connectivity index (χ3v) is 6.55. The van der Waals surface area contributed by atoms with E-state index < -0.39 is 27.5 Å². The Morgan fingerprint density at radius 1 is 1.27 bits per heavy atom. The van der Waals surface area contributed by atoms with Gasteiger partial charge in [0.1, 0.15) is 0 Å². The van der Waals surface area contributed by atoms with Crippen LogP contribution in [-0.2, 0) is 22.0 Å². The molecule has 0 spiro atoms. The third kappa shape index (κ3) is 7.13. The molecule has 0 heterocycles. The summed E-state index contributed by atoms with van der Waals surface area (Å²) in [5, 5.41) is 0. The smallest absolute Gasteiger partial charge is 0.392 e. The number of nitrogens with zero attached hydrogens (tertiary/aromatic N) is 1. The van der Waals surface area contributed by atoms with Gasteiger partial charge in [0.2, 0.25) is 10.0 Å². The Morgan fingerprint density at radius 2 is 1.92 bits per heavy atom. The highest BCUT2D eigenvalue weighted by atomic mass is 79.9. The van der Waals surface area contributed by atoms with Gasteiger partial charge in [-0.15, -0.1) is 0 Å². The van der Waals surface area contributed by atoms with E-state index in [1.807, 2.05) is 6.92 Å². The van der Waals surface area contributed by atoms with Crippen molar-refractivity contribution in [3.63, 3.8) is 0 Å². The number of nitrogens with two attached hydrogens (primary N) is 1. The van der Waals surface area contributed by atoms with Gasteiger partial charge in [-0.2, -0.15) is 17.5 Å². The quantitative estimate of drug-likeness (QED) is 0.401. The molecule has 4 nitrogen and oxygen atoms in total. The number of hydrogen-bond acceptors (Lipinski definition) is 3. The summed E-state index contributed by atoms with van der Waals surface area (Å²) in [7, 11) is -3.87. The highest BCUT2D eigenvalue weighted by molar-refractivity contribution is 9.10. The van der Waals surface area contributed by atoms with E-state index in [-0.39, 0.29) is 28.1 Å². The highest BCUT2D eigenvalue weighted by Gasteiger charge is 2.34. The van der Waals surface area contributed by atoms with Crippen LogP contribution in [0.25, 0.3) is 0 Å². The molecule has 0 atom stereocenters. The summed E-state index contributed by atoms with van der Waals surface area (Å²) >= 11 is 7.71. The van der Waals surface area contributed by atoms with Crippen molar-refractivity contribution in [3.05, 3.63) is 33.8 Å². The molecule has 0 unspecified atom stereocenters. The largest absolute Gasteiger partial charge is 0.417 e. The summed E-state index contributed by atoms with van der Waals surface area (Å²) in [5.74, 6) is -0.562. The molecule has 0 aliphatic heterocycles. The van der Waals surface area contributed by atoms with Gasteiger partial charge in [0.05, 0.1) is 22.8 Å². The Balaban J connectivity index is 3.04. The van der Waals surface area contributed by atoms with Crippen LogP contribution in [0.4, 0.5) is 13.2 Å². The molecule has 0 saturated carbocycles. The van der Waals surface area contributed by atoms with Crippen molar-refractivity contribution in [3.8, 4) is 0 Å². The minimum absolute atomic E-state index is 0.0205. The van der Waals surface area contributed by atoms with E-state index >= 15 is 0 Å². The summed E-state index contributed by atoms with van der Waals surface area (Å²) in [6, 6.07) is 3.45. The van der Waals surface area contributed by atoms with Crippen molar-refractivity contribution >= 4 is 43.2 Å². The topological polar surface area (TPSA) is 63.4 Å². The van der Waals surface area contributed by atoms with Gasteiger partial charge in [-0.25, -0.2) is 8.42 Å².